The van der Waals surface area contributed by atoms with E-state index < -0.39 is 15.9 Å². The van der Waals surface area contributed by atoms with Crippen molar-refractivity contribution in [2.24, 2.45) is 0 Å². The Hall–Kier alpha value is -2.47. The molecule has 0 radical (unpaired) electrons. The highest BCUT2D eigenvalue weighted by atomic mass is 32.2. The van der Waals surface area contributed by atoms with E-state index >= 15 is 0 Å². The number of fused-ring (bicyclic) bond motifs is 2. The zero-order chi connectivity index (χ0) is 15.2. The largest absolute Gasteiger partial charge is 0.382 e. The molecule has 5 nitrogen and oxygen atoms in total. The van der Waals surface area contributed by atoms with Crippen LogP contribution in [0.1, 0.15) is 31.8 Å². The van der Waals surface area contributed by atoms with Gasteiger partial charge in [-0.15, -0.1) is 0 Å². The van der Waals surface area contributed by atoms with Gasteiger partial charge < -0.3 is 4.18 Å². The maximum Gasteiger partial charge on any atom is 0.306 e. The molecule has 1 aliphatic carbocycles. The van der Waals surface area contributed by atoms with Gasteiger partial charge in [0, 0.05) is 16.7 Å². The molecule has 0 atom stereocenters. The minimum Gasteiger partial charge on any atom is -0.382 e. The average Bonchev–Trinajstić information content (AvgIpc) is 2.43. The fourth-order valence-electron chi connectivity index (χ4n) is 2.35. The number of benzene rings is 2. The van der Waals surface area contributed by atoms with Crippen LogP contribution in [0, 0.1) is 0 Å². The van der Waals surface area contributed by atoms with E-state index in [1.807, 2.05) is 0 Å². The van der Waals surface area contributed by atoms with Gasteiger partial charge in [0.25, 0.3) is 0 Å². The Morgan fingerprint density at radius 2 is 1.38 bits per heavy atom. The summed E-state index contributed by atoms with van der Waals surface area (Å²) in [6.07, 6.45) is 0.884. The number of rotatable bonds is 2. The summed E-state index contributed by atoms with van der Waals surface area (Å²) in [5.41, 5.74) is 0.706. The highest BCUT2D eigenvalue weighted by Crippen LogP contribution is 2.33. The molecule has 0 heterocycles. The molecule has 0 fully saturated rings. The second-order valence-corrected chi connectivity index (χ2v) is 6.24. The fraction of sp³-hybridized carbons (Fsp3) is 0.0667. The molecule has 6 heteroatoms. The van der Waals surface area contributed by atoms with Gasteiger partial charge in [-0.2, -0.15) is 8.42 Å². The summed E-state index contributed by atoms with van der Waals surface area (Å²) < 4.78 is 27.4. The van der Waals surface area contributed by atoms with Gasteiger partial charge in [0.1, 0.15) is 0 Å². The second kappa shape index (κ2) is 4.53. The van der Waals surface area contributed by atoms with E-state index in [4.69, 9.17) is 4.18 Å². The first-order chi connectivity index (χ1) is 9.88. The monoisotopic (exact) mass is 302 g/mol. The first kappa shape index (κ1) is 13.5. The van der Waals surface area contributed by atoms with Crippen molar-refractivity contribution in [1.82, 2.24) is 0 Å². The molecule has 1 aliphatic rings. The van der Waals surface area contributed by atoms with E-state index in [9.17, 15) is 18.0 Å². The Labute approximate surface area is 121 Å². The van der Waals surface area contributed by atoms with E-state index in [-0.39, 0.29) is 28.2 Å². The van der Waals surface area contributed by atoms with Gasteiger partial charge in [-0.25, -0.2) is 0 Å². The van der Waals surface area contributed by atoms with E-state index in [0.717, 1.165) is 6.26 Å². The van der Waals surface area contributed by atoms with Crippen molar-refractivity contribution in [3.05, 3.63) is 64.7 Å². The number of carbonyl (C=O) groups is 2. The zero-order valence-corrected chi connectivity index (χ0v) is 11.8. The van der Waals surface area contributed by atoms with E-state index in [1.165, 1.54) is 24.3 Å². The summed E-state index contributed by atoms with van der Waals surface area (Å²) in [6, 6.07) is 10.8. The second-order valence-electron chi connectivity index (χ2n) is 4.67. The van der Waals surface area contributed by atoms with E-state index in [0.29, 0.717) is 5.56 Å². The molecule has 2 aromatic rings. The Morgan fingerprint density at radius 3 is 2.00 bits per heavy atom. The number of hydrogen-bond donors (Lipinski definition) is 0. The van der Waals surface area contributed by atoms with Gasteiger partial charge in [-0.1, -0.05) is 36.4 Å². The average molecular weight is 302 g/mol. The van der Waals surface area contributed by atoms with Gasteiger partial charge in [-0.05, 0) is 6.07 Å². The SMILES string of the molecule is CS(=O)(=O)Oc1cccc2c1C(=O)c1ccccc1C2=O. The third-order valence-electron chi connectivity index (χ3n) is 3.16. The summed E-state index contributed by atoms with van der Waals surface area (Å²) in [5, 5.41) is 0. The van der Waals surface area contributed by atoms with Gasteiger partial charge in [0.05, 0.1) is 11.8 Å². The standard InChI is InChI=1S/C15H10O5S/c1-21(18,19)20-12-8-4-7-11-13(12)15(17)10-6-3-2-5-9(10)14(11)16/h2-8H,1H3. The van der Waals surface area contributed by atoms with Gasteiger partial charge in [0.15, 0.2) is 17.3 Å². The molecule has 21 heavy (non-hydrogen) atoms. The van der Waals surface area contributed by atoms with Crippen LogP contribution in [0.3, 0.4) is 0 Å². The third kappa shape index (κ3) is 2.23. The Bertz CT molecular complexity index is 881. The van der Waals surface area contributed by atoms with Gasteiger partial charge >= 0.3 is 10.1 Å². The lowest BCUT2D eigenvalue weighted by molar-refractivity contribution is 0.0977. The maximum atomic E-state index is 12.5. The topological polar surface area (TPSA) is 77.5 Å². The van der Waals surface area contributed by atoms with Crippen LogP contribution >= 0.6 is 0 Å². The Balaban J connectivity index is 2.26. The molecule has 3 rings (SSSR count). The molecule has 0 saturated carbocycles. The fourth-order valence-corrected chi connectivity index (χ4v) is 2.81. The van der Waals surface area contributed by atoms with Crippen LogP contribution in [0.15, 0.2) is 42.5 Å². The lowest BCUT2D eigenvalue weighted by Crippen LogP contribution is -2.22. The Morgan fingerprint density at radius 1 is 0.810 bits per heavy atom. The minimum absolute atomic E-state index is 0.00775. The molecule has 0 aliphatic heterocycles. The van der Waals surface area contributed by atoms with Crippen molar-refractivity contribution in [2.75, 3.05) is 6.26 Å². The van der Waals surface area contributed by atoms with Crippen molar-refractivity contribution in [1.29, 1.82) is 0 Å². The quantitative estimate of drug-likeness (QED) is 0.675. The molecule has 0 unspecified atom stereocenters. The summed E-state index contributed by atoms with van der Waals surface area (Å²) >= 11 is 0. The predicted octanol–water partition coefficient (Wildman–Crippen LogP) is 1.80. The molecule has 0 N–H and O–H groups in total. The summed E-state index contributed by atoms with van der Waals surface area (Å²) in [5.74, 6) is -0.860. The number of hydrogen-bond acceptors (Lipinski definition) is 5. The summed E-state index contributed by atoms with van der Waals surface area (Å²) in [7, 11) is -3.79. The van der Waals surface area contributed by atoms with Crippen molar-refractivity contribution in [2.45, 2.75) is 0 Å². The van der Waals surface area contributed by atoms with Crippen LogP contribution in [0.4, 0.5) is 0 Å². The molecule has 106 valence electrons. The molecule has 0 amide bonds. The highest BCUT2D eigenvalue weighted by Gasteiger charge is 2.32. The van der Waals surface area contributed by atoms with Gasteiger partial charge in [0.2, 0.25) is 0 Å². The molecular weight excluding hydrogens is 292 g/mol. The summed E-state index contributed by atoms with van der Waals surface area (Å²) in [6.45, 7) is 0. The molecule has 0 spiro atoms. The van der Waals surface area contributed by atoms with Crippen LogP contribution < -0.4 is 4.18 Å². The summed E-state index contributed by atoms with van der Waals surface area (Å²) in [4.78, 5) is 24.9. The van der Waals surface area contributed by atoms with Crippen LogP contribution in [0.25, 0.3) is 0 Å². The Kier molecular flexibility index (Phi) is 2.91. The normalized spacial score (nSPS) is 13.6. The lowest BCUT2D eigenvalue weighted by atomic mass is 9.84. The van der Waals surface area contributed by atoms with Crippen LogP contribution in [0.2, 0.25) is 0 Å². The van der Waals surface area contributed by atoms with Gasteiger partial charge in [-0.3, -0.25) is 9.59 Å². The molecule has 0 aromatic heterocycles. The van der Waals surface area contributed by atoms with E-state index in [2.05, 4.69) is 0 Å². The predicted molar refractivity (Wildman–Crippen MR) is 75.2 cm³/mol. The molecular formula is C15H10O5S. The molecule has 0 saturated heterocycles. The lowest BCUT2D eigenvalue weighted by Gasteiger charge is -2.19. The van der Waals surface area contributed by atoms with Crippen LogP contribution in [-0.2, 0) is 10.1 Å². The van der Waals surface area contributed by atoms with Crippen molar-refractivity contribution >= 4 is 21.7 Å². The highest BCUT2D eigenvalue weighted by molar-refractivity contribution is 7.86. The van der Waals surface area contributed by atoms with Crippen molar-refractivity contribution < 1.29 is 22.2 Å². The molecule has 2 aromatic carbocycles. The number of ketones is 2. The smallest absolute Gasteiger partial charge is 0.306 e. The van der Waals surface area contributed by atoms with Crippen molar-refractivity contribution in [3.8, 4) is 5.75 Å². The molecule has 0 bridgehead atoms. The van der Waals surface area contributed by atoms with E-state index in [1.54, 1.807) is 18.2 Å². The zero-order valence-electron chi connectivity index (χ0n) is 11.0. The first-order valence-corrected chi connectivity index (χ1v) is 7.91. The first-order valence-electron chi connectivity index (χ1n) is 6.09. The van der Waals surface area contributed by atoms with Crippen LogP contribution in [0.5, 0.6) is 5.75 Å². The van der Waals surface area contributed by atoms with Crippen molar-refractivity contribution in [3.63, 3.8) is 0 Å². The number of carbonyl (C=O) groups excluding carboxylic acids is 2. The maximum absolute atomic E-state index is 12.5. The minimum atomic E-state index is -3.79. The van der Waals surface area contributed by atoms with Crippen LogP contribution in [-0.4, -0.2) is 26.2 Å². The third-order valence-corrected chi connectivity index (χ3v) is 3.64.